The third-order valence-electron chi connectivity index (χ3n) is 3.17. The van der Waals surface area contributed by atoms with Crippen molar-refractivity contribution in [3.8, 4) is 11.6 Å². The summed E-state index contributed by atoms with van der Waals surface area (Å²) < 4.78 is 4.92. The summed E-state index contributed by atoms with van der Waals surface area (Å²) in [5.41, 5.74) is 11.3. The van der Waals surface area contributed by atoms with Crippen molar-refractivity contribution >= 4 is 5.91 Å². The maximum absolute atomic E-state index is 10.9. The van der Waals surface area contributed by atoms with E-state index in [2.05, 4.69) is 20.1 Å². The number of imidazole rings is 1. The number of H-pyrrole nitrogens is 1. The van der Waals surface area contributed by atoms with Crippen LogP contribution in [-0.2, 0) is 5.54 Å². The van der Waals surface area contributed by atoms with Gasteiger partial charge in [0.2, 0.25) is 0 Å². The summed E-state index contributed by atoms with van der Waals surface area (Å²) in [4.78, 5) is 22.0. The molecule has 2 heterocycles. The molecule has 0 spiro atoms. The molecule has 1 saturated carbocycles. The number of carbonyl (C=O) groups is 1. The van der Waals surface area contributed by atoms with Crippen LogP contribution in [0.15, 0.2) is 10.7 Å². The standard InChI is InChI=1S/C10H12N6O2/c11-6(17)7-15-8(18-16-7)5-4-13-9(14-5)10(12)2-1-3-10/h4H,1-3,12H2,(H2,11,17)(H,13,14). The van der Waals surface area contributed by atoms with Gasteiger partial charge in [0.15, 0.2) is 0 Å². The van der Waals surface area contributed by atoms with Gasteiger partial charge < -0.3 is 21.0 Å². The Kier molecular flexibility index (Phi) is 2.20. The fraction of sp³-hybridized carbons (Fsp3) is 0.400. The maximum atomic E-state index is 10.9. The lowest BCUT2D eigenvalue weighted by Gasteiger charge is -2.35. The normalized spacial score (nSPS) is 17.4. The predicted octanol–water partition coefficient (Wildman–Crippen LogP) is -0.104. The van der Waals surface area contributed by atoms with Crippen LogP contribution in [0.4, 0.5) is 0 Å². The van der Waals surface area contributed by atoms with Crippen molar-refractivity contribution in [1.29, 1.82) is 0 Å². The average molecular weight is 248 g/mol. The molecule has 3 rings (SSSR count). The van der Waals surface area contributed by atoms with Crippen molar-refractivity contribution in [2.45, 2.75) is 24.8 Å². The molecule has 0 bridgehead atoms. The van der Waals surface area contributed by atoms with E-state index in [1.165, 1.54) is 0 Å². The van der Waals surface area contributed by atoms with Crippen LogP contribution in [0.5, 0.6) is 0 Å². The molecule has 0 atom stereocenters. The number of amides is 1. The molecule has 94 valence electrons. The van der Waals surface area contributed by atoms with Gasteiger partial charge in [0.1, 0.15) is 11.5 Å². The van der Waals surface area contributed by atoms with E-state index in [0.29, 0.717) is 11.5 Å². The van der Waals surface area contributed by atoms with E-state index in [-0.39, 0.29) is 17.3 Å². The number of carbonyl (C=O) groups excluding carboxylic acids is 1. The van der Waals surface area contributed by atoms with Crippen LogP contribution in [0, 0.1) is 0 Å². The summed E-state index contributed by atoms with van der Waals surface area (Å²) in [6.07, 6.45) is 4.45. The molecular weight excluding hydrogens is 236 g/mol. The van der Waals surface area contributed by atoms with Gasteiger partial charge in [-0.05, 0) is 19.3 Å². The van der Waals surface area contributed by atoms with Gasteiger partial charge >= 0.3 is 0 Å². The molecule has 8 nitrogen and oxygen atoms in total. The minimum Gasteiger partial charge on any atom is -0.363 e. The fourth-order valence-corrected chi connectivity index (χ4v) is 1.91. The predicted molar refractivity (Wildman–Crippen MR) is 60.1 cm³/mol. The maximum Gasteiger partial charge on any atom is 0.290 e. The largest absolute Gasteiger partial charge is 0.363 e. The highest BCUT2D eigenvalue weighted by Crippen LogP contribution is 2.37. The molecule has 18 heavy (non-hydrogen) atoms. The quantitative estimate of drug-likeness (QED) is 0.693. The van der Waals surface area contributed by atoms with E-state index in [1.54, 1.807) is 6.20 Å². The monoisotopic (exact) mass is 248 g/mol. The lowest BCUT2D eigenvalue weighted by Crippen LogP contribution is -2.44. The second-order valence-corrected chi connectivity index (χ2v) is 4.44. The van der Waals surface area contributed by atoms with E-state index in [4.69, 9.17) is 16.0 Å². The average Bonchev–Trinajstić information content (AvgIpc) is 2.94. The van der Waals surface area contributed by atoms with Crippen molar-refractivity contribution in [2.75, 3.05) is 0 Å². The Hall–Kier alpha value is -2.22. The number of hydrogen-bond donors (Lipinski definition) is 3. The molecule has 5 N–H and O–H groups in total. The third-order valence-corrected chi connectivity index (χ3v) is 3.17. The molecule has 0 radical (unpaired) electrons. The molecule has 8 heteroatoms. The van der Waals surface area contributed by atoms with Gasteiger partial charge in [0.25, 0.3) is 17.6 Å². The van der Waals surface area contributed by atoms with E-state index in [9.17, 15) is 4.79 Å². The summed E-state index contributed by atoms with van der Waals surface area (Å²) in [5, 5.41) is 3.46. The van der Waals surface area contributed by atoms with Gasteiger partial charge in [0, 0.05) is 0 Å². The van der Waals surface area contributed by atoms with E-state index >= 15 is 0 Å². The van der Waals surface area contributed by atoms with Crippen LogP contribution in [0.1, 0.15) is 35.7 Å². The smallest absolute Gasteiger partial charge is 0.290 e. The SMILES string of the molecule is NC(=O)c1noc(-c2cnc(C3(N)CCC3)[nH]2)n1. The molecule has 0 aromatic carbocycles. The molecule has 1 amide bonds. The minimum absolute atomic E-state index is 0.160. The highest BCUT2D eigenvalue weighted by atomic mass is 16.5. The summed E-state index contributed by atoms with van der Waals surface area (Å²) in [7, 11) is 0. The van der Waals surface area contributed by atoms with Gasteiger partial charge in [-0.15, -0.1) is 0 Å². The van der Waals surface area contributed by atoms with Crippen molar-refractivity contribution < 1.29 is 9.32 Å². The third kappa shape index (κ3) is 1.58. The summed E-state index contributed by atoms with van der Waals surface area (Å²) >= 11 is 0. The topological polar surface area (TPSA) is 137 Å². The lowest BCUT2D eigenvalue weighted by atomic mass is 9.77. The van der Waals surface area contributed by atoms with E-state index < -0.39 is 5.91 Å². The Morgan fingerprint density at radius 2 is 2.28 bits per heavy atom. The number of hydrogen-bond acceptors (Lipinski definition) is 6. The molecule has 1 fully saturated rings. The highest BCUT2D eigenvalue weighted by molar-refractivity contribution is 5.88. The molecule has 1 aliphatic rings. The molecule has 2 aromatic heterocycles. The van der Waals surface area contributed by atoms with Crippen LogP contribution in [0.2, 0.25) is 0 Å². The summed E-state index contributed by atoms with van der Waals surface area (Å²) in [6, 6.07) is 0. The Labute approximate surface area is 102 Å². The van der Waals surface area contributed by atoms with Gasteiger partial charge in [-0.1, -0.05) is 5.16 Å². The van der Waals surface area contributed by atoms with Crippen LogP contribution >= 0.6 is 0 Å². The molecule has 0 aliphatic heterocycles. The van der Waals surface area contributed by atoms with Crippen LogP contribution in [-0.4, -0.2) is 26.0 Å². The molecule has 1 aliphatic carbocycles. The van der Waals surface area contributed by atoms with Crippen molar-refractivity contribution in [1.82, 2.24) is 20.1 Å². The second kappa shape index (κ2) is 3.64. The van der Waals surface area contributed by atoms with Crippen molar-refractivity contribution in [2.24, 2.45) is 11.5 Å². The molecule has 2 aromatic rings. The van der Waals surface area contributed by atoms with Crippen molar-refractivity contribution in [3.05, 3.63) is 17.8 Å². The Bertz CT molecular complexity index is 597. The van der Waals surface area contributed by atoms with Gasteiger partial charge in [-0.25, -0.2) is 4.98 Å². The van der Waals surface area contributed by atoms with Crippen LogP contribution in [0.25, 0.3) is 11.6 Å². The van der Waals surface area contributed by atoms with Gasteiger partial charge in [-0.2, -0.15) is 4.98 Å². The first-order valence-electron chi connectivity index (χ1n) is 5.57. The van der Waals surface area contributed by atoms with Gasteiger partial charge in [-0.3, -0.25) is 4.79 Å². The van der Waals surface area contributed by atoms with E-state index in [1.807, 2.05) is 0 Å². The van der Waals surface area contributed by atoms with Crippen LogP contribution in [0.3, 0.4) is 0 Å². The zero-order chi connectivity index (χ0) is 12.8. The number of nitrogens with two attached hydrogens (primary N) is 2. The number of nitrogens with zero attached hydrogens (tertiary/aromatic N) is 3. The summed E-state index contributed by atoms with van der Waals surface area (Å²) in [6.45, 7) is 0. The van der Waals surface area contributed by atoms with Crippen molar-refractivity contribution in [3.63, 3.8) is 0 Å². The number of aromatic nitrogens is 4. The van der Waals surface area contributed by atoms with Gasteiger partial charge in [0.05, 0.1) is 11.7 Å². The zero-order valence-corrected chi connectivity index (χ0v) is 9.51. The summed E-state index contributed by atoms with van der Waals surface area (Å²) in [5.74, 6) is -0.0284. The second-order valence-electron chi connectivity index (χ2n) is 4.44. The lowest BCUT2D eigenvalue weighted by molar-refractivity contribution is 0.0987. The van der Waals surface area contributed by atoms with E-state index in [0.717, 1.165) is 19.3 Å². The molecule has 0 saturated heterocycles. The minimum atomic E-state index is -0.737. The first kappa shape index (κ1) is 10.9. The van der Waals surface area contributed by atoms with Crippen LogP contribution < -0.4 is 11.5 Å². The number of aromatic amines is 1. The molecule has 0 unspecified atom stereocenters. The number of rotatable bonds is 3. The first-order valence-corrected chi connectivity index (χ1v) is 5.57. The molecular formula is C10H12N6O2. The Morgan fingerprint density at radius 1 is 1.50 bits per heavy atom. The Balaban J connectivity index is 1.90. The zero-order valence-electron chi connectivity index (χ0n) is 9.51. The Morgan fingerprint density at radius 3 is 2.83 bits per heavy atom. The first-order chi connectivity index (χ1) is 8.58. The fourth-order valence-electron chi connectivity index (χ4n) is 1.91. The number of primary amides is 1. The number of nitrogens with one attached hydrogen (secondary N) is 1. The highest BCUT2D eigenvalue weighted by Gasteiger charge is 2.37.